The largest absolute Gasteiger partial charge is 0.467 e. The summed E-state index contributed by atoms with van der Waals surface area (Å²) in [6.07, 6.45) is -2.07. The molecule has 12 heteroatoms. The van der Waals surface area contributed by atoms with E-state index < -0.39 is 66.0 Å². The van der Waals surface area contributed by atoms with Gasteiger partial charge in [0.05, 0.1) is 24.4 Å². The van der Waals surface area contributed by atoms with Crippen molar-refractivity contribution in [3.05, 3.63) is 71.8 Å². The molecule has 12 nitrogen and oxygen atoms in total. The Morgan fingerprint density at radius 1 is 0.714 bits per heavy atom. The fourth-order valence-corrected chi connectivity index (χ4v) is 5.45. The lowest BCUT2D eigenvalue weighted by molar-refractivity contribution is -0.197. The van der Waals surface area contributed by atoms with Crippen LogP contribution in [0.15, 0.2) is 60.7 Å². The van der Waals surface area contributed by atoms with Gasteiger partial charge in [-0.1, -0.05) is 60.7 Å². The summed E-state index contributed by atoms with van der Waals surface area (Å²) >= 11 is 0. The van der Waals surface area contributed by atoms with Crippen LogP contribution in [-0.4, -0.2) is 80.3 Å². The fraction of sp³-hybridized carbons (Fsp3) is 0.595. The molecule has 0 saturated carbocycles. The first-order valence-corrected chi connectivity index (χ1v) is 16.7. The van der Waals surface area contributed by atoms with E-state index in [1.54, 1.807) is 7.11 Å². The van der Waals surface area contributed by atoms with Gasteiger partial charge in [0, 0.05) is 13.2 Å². The molecular formula is C37H54N2O10. The first-order valence-electron chi connectivity index (χ1n) is 16.7. The lowest BCUT2D eigenvalue weighted by atomic mass is 9.97. The molecule has 0 aromatic heterocycles. The van der Waals surface area contributed by atoms with Crippen LogP contribution in [-0.2, 0) is 51.2 Å². The highest BCUT2D eigenvalue weighted by molar-refractivity contribution is 5.81. The van der Waals surface area contributed by atoms with E-state index in [2.05, 4.69) is 10.6 Å². The van der Waals surface area contributed by atoms with Gasteiger partial charge in [0.25, 0.3) is 0 Å². The van der Waals surface area contributed by atoms with Crippen LogP contribution in [0.2, 0.25) is 0 Å². The summed E-state index contributed by atoms with van der Waals surface area (Å²) in [6.45, 7) is 11.9. The first kappa shape index (κ1) is 39.7. The second kappa shape index (κ2) is 18.9. The zero-order chi connectivity index (χ0) is 36.0. The highest BCUT2D eigenvalue weighted by atomic mass is 16.7. The second-order valence-electron chi connectivity index (χ2n) is 14.0. The summed E-state index contributed by atoms with van der Waals surface area (Å²) in [5.41, 5.74) is 0.667. The van der Waals surface area contributed by atoms with Crippen molar-refractivity contribution >= 4 is 18.2 Å². The monoisotopic (exact) mass is 686 g/mol. The van der Waals surface area contributed by atoms with Crippen molar-refractivity contribution in [3.8, 4) is 0 Å². The van der Waals surface area contributed by atoms with Gasteiger partial charge in [-0.2, -0.15) is 0 Å². The summed E-state index contributed by atoms with van der Waals surface area (Å²) in [4.78, 5) is 38.4. The van der Waals surface area contributed by atoms with Crippen molar-refractivity contribution < 1.29 is 47.5 Å². The maximum absolute atomic E-state index is 13.0. The number of carbonyl (C=O) groups is 3. The lowest BCUT2D eigenvalue weighted by Gasteiger charge is -2.34. The van der Waals surface area contributed by atoms with Crippen LogP contribution >= 0.6 is 0 Å². The molecule has 0 aliphatic carbocycles. The van der Waals surface area contributed by atoms with Crippen molar-refractivity contribution in [1.29, 1.82) is 0 Å². The van der Waals surface area contributed by atoms with Crippen molar-refractivity contribution in [2.75, 3.05) is 14.2 Å². The highest BCUT2D eigenvalue weighted by Crippen LogP contribution is 2.35. The van der Waals surface area contributed by atoms with Gasteiger partial charge in [0.1, 0.15) is 31.5 Å². The van der Waals surface area contributed by atoms with Crippen LogP contribution in [0, 0.1) is 0 Å². The van der Waals surface area contributed by atoms with E-state index in [0.29, 0.717) is 19.3 Å². The van der Waals surface area contributed by atoms with Crippen molar-refractivity contribution in [3.63, 3.8) is 0 Å². The number of hydrogen-bond acceptors (Lipinski definition) is 10. The Labute approximate surface area is 290 Å². The van der Waals surface area contributed by atoms with Crippen LogP contribution in [0.5, 0.6) is 0 Å². The number of esters is 1. The first-order chi connectivity index (χ1) is 23.2. The third-order valence-corrected chi connectivity index (χ3v) is 7.61. The van der Waals surface area contributed by atoms with Gasteiger partial charge in [-0.15, -0.1) is 0 Å². The molecule has 2 aromatic carbocycles. The van der Waals surface area contributed by atoms with Gasteiger partial charge >= 0.3 is 18.2 Å². The number of hydrogen-bond donors (Lipinski definition) is 2. The Morgan fingerprint density at radius 3 is 1.71 bits per heavy atom. The summed E-state index contributed by atoms with van der Waals surface area (Å²) in [5.74, 6) is -0.634. The van der Waals surface area contributed by atoms with Gasteiger partial charge < -0.3 is 43.8 Å². The minimum atomic E-state index is -1.01. The van der Waals surface area contributed by atoms with Crippen LogP contribution in [0.4, 0.5) is 9.59 Å². The minimum absolute atomic E-state index is 0.0413. The molecule has 49 heavy (non-hydrogen) atoms. The SMILES string of the molecule is COC(=O)C(CCC(CC[C@H]1O[C@@H](OC)[C@H](OC(C)(C)C)[C@@H]1OC(C)(C)C)NC(=O)OCc1ccccc1)NC(=O)OCc1ccccc1. The van der Waals surface area contributed by atoms with Crippen molar-refractivity contribution in [2.24, 2.45) is 0 Å². The zero-order valence-corrected chi connectivity index (χ0v) is 30.1. The van der Waals surface area contributed by atoms with Crippen molar-refractivity contribution in [1.82, 2.24) is 10.6 Å². The van der Waals surface area contributed by atoms with Gasteiger partial charge in [0.15, 0.2) is 6.29 Å². The molecule has 2 unspecified atom stereocenters. The lowest BCUT2D eigenvalue weighted by Crippen LogP contribution is -2.46. The summed E-state index contributed by atoms with van der Waals surface area (Å²) < 4.78 is 40.7. The topological polar surface area (TPSA) is 140 Å². The smallest absolute Gasteiger partial charge is 0.408 e. The number of ether oxygens (including phenoxy) is 7. The molecule has 0 radical (unpaired) electrons. The van der Waals surface area contributed by atoms with Gasteiger partial charge in [0.2, 0.25) is 0 Å². The number of carbonyl (C=O) groups excluding carboxylic acids is 3. The Hall–Kier alpha value is -3.71. The van der Waals surface area contributed by atoms with E-state index in [1.807, 2.05) is 102 Å². The van der Waals surface area contributed by atoms with E-state index in [-0.39, 0.29) is 19.6 Å². The molecular weight excluding hydrogens is 632 g/mol. The number of benzene rings is 2. The number of alkyl carbamates (subject to hydrolysis) is 2. The van der Waals surface area contributed by atoms with E-state index in [0.717, 1.165) is 11.1 Å². The predicted molar refractivity (Wildman–Crippen MR) is 183 cm³/mol. The normalized spacial score (nSPS) is 20.6. The van der Waals surface area contributed by atoms with Crippen molar-refractivity contribution in [2.45, 2.75) is 128 Å². The molecule has 3 rings (SSSR count). The molecule has 1 saturated heterocycles. The van der Waals surface area contributed by atoms with E-state index in [1.165, 1.54) is 7.11 Å². The van der Waals surface area contributed by atoms with Gasteiger partial charge in [-0.3, -0.25) is 0 Å². The molecule has 1 fully saturated rings. The average Bonchev–Trinajstić information content (AvgIpc) is 3.36. The van der Waals surface area contributed by atoms with Crippen LogP contribution in [0.1, 0.15) is 78.4 Å². The number of nitrogens with one attached hydrogen (secondary N) is 2. The molecule has 1 aliphatic heterocycles. The molecule has 1 heterocycles. The van der Waals surface area contributed by atoms with Crippen LogP contribution < -0.4 is 10.6 Å². The van der Waals surface area contributed by atoms with Gasteiger partial charge in [-0.25, -0.2) is 14.4 Å². The number of rotatable bonds is 16. The van der Waals surface area contributed by atoms with Crippen LogP contribution in [0.3, 0.4) is 0 Å². The molecule has 0 spiro atoms. The third kappa shape index (κ3) is 14.4. The average molecular weight is 687 g/mol. The second-order valence-corrected chi connectivity index (χ2v) is 14.0. The van der Waals surface area contributed by atoms with E-state index in [4.69, 9.17) is 33.2 Å². The maximum atomic E-state index is 13.0. The Bertz CT molecular complexity index is 1300. The Balaban J connectivity index is 1.73. The maximum Gasteiger partial charge on any atom is 0.408 e. The molecule has 2 N–H and O–H groups in total. The quantitative estimate of drug-likeness (QED) is 0.159. The molecule has 0 bridgehead atoms. The molecule has 2 aromatic rings. The van der Waals surface area contributed by atoms with Gasteiger partial charge in [-0.05, 0) is 78.4 Å². The van der Waals surface area contributed by atoms with Crippen LogP contribution in [0.25, 0.3) is 0 Å². The highest BCUT2D eigenvalue weighted by Gasteiger charge is 2.49. The number of methoxy groups -OCH3 is 2. The third-order valence-electron chi connectivity index (χ3n) is 7.61. The summed E-state index contributed by atoms with van der Waals surface area (Å²) in [7, 11) is 2.82. The molecule has 272 valence electrons. The molecule has 6 atom stereocenters. The minimum Gasteiger partial charge on any atom is -0.467 e. The predicted octanol–water partition coefficient (Wildman–Crippen LogP) is 6.05. The summed E-state index contributed by atoms with van der Waals surface area (Å²) in [6, 6.07) is 17.1. The molecule has 2 amide bonds. The Morgan fingerprint density at radius 2 is 1.22 bits per heavy atom. The number of amides is 2. The van der Waals surface area contributed by atoms with E-state index >= 15 is 0 Å². The fourth-order valence-electron chi connectivity index (χ4n) is 5.45. The zero-order valence-electron chi connectivity index (χ0n) is 30.1. The molecule has 1 aliphatic rings. The van der Waals surface area contributed by atoms with E-state index in [9.17, 15) is 14.4 Å². The standard InChI is InChI=1S/C37H54N2O10/c1-36(2,3)48-30-29(47-33(44-8)31(30)49-37(4,5)6)22-20-27(38-34(41)45-23-25-15-11-9-12-16-25)19-21-28(32(40)43-7)39-35(42)46-24-26-17-13-10-14-18-26/h9-18,27-31,33H,19-24H2,1-8H3,(H,38,41)(H,39,42)/t27?,28?,29-,30-,31-,33-/m1/s1. The summed E-state index contributed by atoms with van der Waals surface area (Å²) in [5, 5.41) is 5.55. The Kier molecular flexibility index (Phi) is 15.3.